The van der Waals surface area contributed by atoms with Crippen LogP contribution in [-0.2, 0) is 21.6 Å². The summed E-state index contributed by atoms with van der Waals surface area (Å²) in [5.41, 5.74) is 0. The molecule has 0 spiro atoms. The van der Waals surface area contributed by atoms with Crippen molar-refractivity contribution in [2.45, 2.75) is 0 Å². The third kappa shape index (κ3) is 28.7. The average Bonchev–Trinajstić information content (AvgIpc) is 0.918. The Morgan fingerprint density at radius 2 is 1.60 bits per heavy atom. The Morgan fingerprint density at radius 1 is 1.60 bits per heavy atom. The second-order valence-electron chi connectivity index (χ2n) is 0.0816. The summed E-state index contributed by atoms with van der Waals surface area (Å²) in [7, 11) is -0.833. The van der Waals surface area contributed by atoms with Crippen LogP contribution in [0, 0.1) is 0 Å². The second-order valence-corrected chi connectivity index (χ2v) is 0.245. The van der Waals surface area contributed by atoms with Crippen molar-refractivity contribution in [2.75, 3.05) is 0 Å². The van der Waals surface area contributed by atoms with Gasteiger partial charge in [-0.05, 0) is 0 Å². The summed E-state index contributed by atoms with van der Waals surface area (Å²) in [4.78, 5) is 6.99. The van der Waals surface area contributed by atoms with Crippen molar-refractivity contribution >= 4 is 38.2 Å². The summed E-state index contributed by atoms with van der Waals surface area (Å²) in [6.45, 7) is 0. The van der Waals surface area contributed by atoms with Gasteiger partial charge >= 0.3 is 38.2 Å². The van der Waals surface area contributed by atoms with Gasteiger partial charge in [0.25, 0.3) is 0 Å². The Balaban J connectivity index is -0.0000000200. The number of hydrogen-bond acceptors (Lipinski definition) is 1. The van der Waals surface area contributed by atoms with E-state index in [0.29, 0.717) is 0 Å². The minimum atomic E-state index is -0.833. The van der Waals surface area contributed by atoms with Crippen molar-refractivity contribution < 1.29 is 26.5 Å². The molecular formula is H2CuNaO2P. The van der Waals surface area contributed by atoms with Crippen LogP contribution in [0.1, 0.15) is 0 Å². The fourth-order valence-electron chi connectivity index (χ4n) is 0. The first kappa shape index (κ1) is 16.0. The summed E-state index contributed by atoms with van der Waals surface area (Å²) < 4.78 is 8.46. The molecule has 0 aromatic rings. The molecule has 0 aliphatic heterocycles. The minimum absolute atomic E-state index is 0. The van der Waals surface area contributed by atoms with Crippen LogP contribution in [0.4, 0.5) is 0 Å². The van der Waals surface area contributed by atoms with Gasteiger partial charge in [0.05, 0.1) is 0 Å². The Labute approximate surface area is 64.4 Å². The first-order valence-electron chi connectivity index (χ1n) is 0.383. The molecule has 0 atom stereocenters. The zero-order valence-electron chi connectivity index (χ0n) is 1.60. The maximum absolute atomic E-state index is 8.46. The predicted octanol–water partition coefficient (Wildman–Crippen LogP) is -0.466. The van der Waals surface area contributed by atoms with Crippen LogP contribution >= 0.6 is 8.69 Å². The van der Waals surface area contributed by atoms with Gasteiger partial charge in [-0.3, -0.25) is 0 Å². The Morgan fingerprint density at radius 3 is 1.60 bits per heavy atom. The second kappa shape index (κ2) is 17.6. The van der Waals surface area contributed by atoms with Gasteiger partial charge < -0.3 is 4.89 Å². The molecule has 0 fully saturated rings. The average molecular weight is 152 g/mol. The zero-order chi connectivity index (χ0) is 2.71. The number of rotatable bonds is 0. The molecule has 5 heteroatoms. The fraction of sp³-hybridized carbons (Fsp3) is 0. The van der Waals surface area contributed by atoms with Gasteiger partial charge in [-0.25, -0.2) is 4.57 Å². The van der Waals surface area contributed by atoms with Gasteiger partial charge in [0.15, 0.2) is 0 Å². The van der Waals surface area contributed by atoms with Crippen molar-refractivity contribution in [3.63, 3.8) is 0 Å². The molecule has 0 aliphatic carbocycles. The van der Waals surface area contributed by atoms with Crippen molar-refractivity contribution in [1.82, 2.24) is 0 Å². The molecule has 0 unspecified atom stereocenters. The van der Waals surface area contributed by atoms with E-state index in [0.717, 1.165) is 0 Å². The van der Waals surface area contributed by atoms with E-state index in [9.17, 15) is 0 Å². The van der Waals surface area contributed by atoms with Gasteiger partial charge in [0.1, 0.15) is 0 Å². The molecule has 0 aromatic heterocycles. The van der Waals surface area contributed by atoms with Crippen molar-refractivity contribution in [2.24, 2.45) is 0 Å². The van der Waals surface area contributed by atoms with E-state index in [1.807, 2.05) is 0 Å². The van der Waals surface area contributed by atoms with Gasteiger partial charge in [-0.1, -0.05) is 0 Å². The van der Waals surface area contributed by atoms with Crippen LogP contribution in [0.3, 0.4) is 0 Å². The summed E-state index contributed by atoms with van der Waals surface area (Å²) in [6.07, 6.45) is 0. The molecular weight excluding hydrogens is 150 g/mol. The van der Waals surface area contributed by atoms with E-state index in [4.69, 9.17) is 9.46 Å². The Hall–Kier alpha value is 1.58. The normalized spacial score (nSPS) is 4.20. The third-order valence-electron chi connectivity index (χ3n) is 0. The molecule has 1 N–H and O–H groups in total. The van der Waals surface area contributed by atoms with Crippen LogP contribution in [0.25, 0.3) is 0 Å². The van der Waals surface area contributed by atoms with Crippen LogP contribution in [0.15, 0.2) is 0 Å². The molecule has 0 saturated carbocycles. The van der Waals surface area contributed by atoms with E-state index in [2.05, 4.69) is 0 Å². The SMILES string of the molecule is O=PO.[Cu].[NaH]. The first-order chi connectivity index (χ1) is 1.41. The molecule has 0 rings (SSSR count). The van der Waals surface area contributed by atoms with Crippen LogP contribution in [0.2, 0.25) is 0 Å². The molecule has 1 radical (unpaired) electrons. The monoisotopic (exact) mass is 151 g/mol. The van der Waals surface area contributed by atoms with Crippen LogP contribution < -0.4 is 0 Å². The van der Waals surface area contributed by atoms with Crippen molar-refractivity contribution in [3.8, 4) is 0 Å². The van der Waals surface area contributed by atoms with E-state index in [1.54, 1.807) is 0 Å². The summed E-state index contributed by atoms with van der Waals surface area (Å²) in [6, 6.07) is 0. The molecule has 0 heterocycles. The summed E-state index contributed by atoms with van der Waals surface area (Å²) in [5.74, 6) is 0. The summed E-state index contributed by atoms with van der Waals surface area (Å²) >= 11 is 0. The van der Waals surface area contributed by atoms with E-state index < -0.39 is 8.69 Å². The molecule has 0 saturated heterocycles. The molecule has 0 aromatic carbocycles. The van der Waals surface area contributed by atoms with E-state index in [1.165, 1.54) is 0 Å². The van der Waals surface area contributed by atoms with Crippen molar-refractivity contribution in [1.29, 1.82) is 0 Å². The van der Waals surface area contributed by atoms with Crippen LogP contribution in [0.5, 0.6) is 0 Å². The standard InChI is InChI=1S/Cu.Na.HO2P.H/c;;1-3-2;/h;;(H,1,2);. The van der Waals surface area contributed by atoms with Gasteiger partial charge in [0.2, 0.25) is 0 Å². The molecule has 0 bridgehead atoms. The quantitative estimate of drug-likeness (QED) is 0.376. The predicted molar refractivity (Wildman–Crippen MR) is 17.0 cm³/mol. The van der Waals surface area contributed by atoms with Gasteiger partial charge in [0, 0.05) is 17.1 Å². The van der Waals surface area contributed by atoms with Gasteiger partial charge in [-0.15, -0.1) is 0 Å². The molecule has 0 aliphatic rings. The van der Waals surface area contributed by atoms with Gasteiger partial charge in [-0.2, -0.15) is 0 Å². The maximum atomic E-state index is 8.46. The Bertz CT molecular complexity index is 17.1. The first-order valence-corrected chi connectivity index (χ1v) is 1.15. The van der Waals surface area contributed by atoms with Crippen LogP contribution in [-0.4, -0.2) is 34.5 Å². The Kier molecular flexibility index (Phi) is 56.2. The topological polar surface area (TPSA) is 37.3 Å². The third-order valence-corrected chi connectivity index (χ3v) is 0. The summed E-state index contributed by atoms with van der Waals surface area (Å²) in [5, 5.41) is 0. The van der Waals surface area contributed by atoms with E-state index >= 15 is 0 Å². The zero-order valence-corrected chi connectivity index (χ0v) is 3.44. The van der Waals surface area contributed by atoms with E-state index in [-0.39, 0.29) is 46.6 Å². The molecule has 31 valence electrons. The molecule has 0 amide bonds. The fourth-order valence-corrected chi connectivity index (χ4v) is 0. The van der Waals surface area contributed by atoms with Crippen molar-refractivity contribution in [3.05, 3.63) is 0 Å². The number of hydrogen-bond donors (Lipinski definition) is 1. The molecule has 2 nitrogen and oxygen atoms in total. The molecule has 5 heavy (non-hydrogen) atoms.